The summed E-state index contributed by atoms with van der Waals surface area (Å²) >= 11 is 3.23. The van der Waals surface area contributed by atoms with Gasteiger partial charge >= 0.3 is 0 Å². The van der Waals surface area contributed by atoms with Crippen LogP contribution in [0.2, 0.25) is 0 Å². The average Bonchev–Trinajstić information content (AvgIpc) is 3.12. The molecule has 2 heterocycles. The lowest BCUT2D eigenvalue weighted by molar-refractivity contribution is -0.121. The minimum absolute atomic E-state index is 0.0474. The highest BCUT2D eigenvalue weighted by Crippen LogP contribution is 2.27. The molecule has 1 aliphatic heterocycles. The van der Waals surface area contributed by atoms with E-state index in [9.17, 15) is 9.59 Å². The monoisotopic (exact) mass is 362 g/mol. The first-order valence-electron chi connectivity index (χ1n) is 7.73. The summed E-state index contributed by atoms with van der Waals surface area (Å²) < 4.78 is 0.962. The lowest BCUT2D eigenvalue weighted by Gasteiger charge is -2.11. The standard InChI is InChI=1S/C16H18N4O2S2/c1-10-19-20-16(24-10)23-8-4-7-17-14(21)9-13-11-5-2-3-6-12(11)15(22)18-13/h2-3,5-6,13H,4,7-9H2,1H3,(H,17,21)(H,18,22)/t13-/m0/s1. The van der Waals surface area contributed by atoms with Gasteiger partial charge in [-0.25, -0.2) is 0 Å². The molecule has 0 radical (unpaired) electrons. The molecule has 1 atom stereocenters. The van der Waals surface area contributed by atoms with Crippen molar-refractivity contribution in [3.63, 3.8) is 0 Å². The van der Waals surface area contributed by atoms with Crippen LogP contribution in [0.5, 0.6) is 0 Å². The van der Waals surface area contributed by atoms with E-state index in [0.717, 1.165) is 27.1 Å². The summed E-state index contributed by atoms with van der Waals surface area (Å²) in [6.45, 7) is 2.55. The third kappa shape index (κ3) is 4.12. The third-order valence-electron chi connectivity index (χ3n) is 3.65. The smallest absolute Gasteiger partial charge is 0.252 e. The van der Waals surface area contributed by atoms with Gasteiger partial charge in [0.1, 0.15) is 5.01 Å². The summed E-state index contributed by atoms with van der Waals surface area (Å²) in [4.78, 5) is 23.9. The molecular weight excluding hydrogens is 344 g/mol. The number of aromatic nitrogens is 2. The van der Waals surface area contributed by atoms with Crippen LogP contribution in [0.15, 0.2) is 28.6 Å². The van der Waals surface area contributed by atoms with Crippen molar-refractivity contribution in [3.05, 3.63) is 40.4 Å². The molecule has 2 aromatic rings. The van der Waals surface area contributed by atoms with Crippen LogP contribution in [0.25, 0.3) is 0 Å². The summed E-state index contributed by atoms with van der Waals surface area (Å²) in [7, 11) is 0. The van der Waals surface area contributed by atoms with Gasteiger partial charge in [-0.2, -0.15) is 0 Å². The van der Waals surface area contributed by atoms with E-state index in [0.29, 0.717) is 12.1 Å². The summed E-state index contributed by atoms with van der Waals surface area (Å²) in [5, 5.41) is 14.7. The van der Waals surface area contributed by atoms with E-state index in [1.54, 1.807) is 29.2 Å². The number of carbonyl (C=O) groups excluding carboxylic acids is 2. The van der Waals surface area contributed by atoms with E-state index in [1.807, 2.05) is 25.1 Å². The van der Waals surface area contributed by atoms with Gasteiger partial charge in [-0.1, -0.05) is 41.3 Å². The molecule has 8 heteroatoms. The fourth-order valence-electron chi connectivity index (χ4n) is 2.54. The summed E-state index contributed by atoms with van der Waals surface area (Å²) in [5.41, 5.74) is 1.57. The molecule has 0 aliphatic carbocycles. The molecule has 2 amide bonds. The van der Waals surface area contributed by atoms with Gasteiger partial charge in [0, 0.05) is 17.9 Å². The zero-order chi connectivity index (χ0) is 16.9. The number of nitrogens with zero attached hydrogens (tertiary/aromatic N) is 2. The van der Waals surface area contributed by atoms with E-state index in [1.165, 1.54) is 0 Å². The number of carbonyl (C=O) groups is 2. The number of rotatable bonds is 7. The first-order chi connectivity index (χ1) is 11.6. The topological polar surface area (TPSA) is 84.0 Å². The largest absolute Gasteiger partial charge is 0.356 e. The molecule has 3 rings (SSSR count). The Hall–Kier alpha value is -1.93. The Morgan fingerprint density at radius 3 is 3.00 bits per heavy atom. The second-order valence-electron chi connectivity index (χ2n) is 5.46. The van der Waals surface area contributed by atoms with E-state index in [2.05, 4.69) is 20.8 Å². The molecule has 24 heavy (non-hydrogen) atoms. The first-order valence-corrected chi connectivity index (χ1v) is 9.53. The summed E-state index contributed by atoms with van der Waals surface area (Å²) in [5.74, 6) is 0.735. The van der Waals surface area contributed by atoms with Crippen molar-refractivity contribution < 1.29 is 9.59 Å². The molecule has 0 spiro atoms. The van der Waals surface area contributed by atoms with Crippen LogP contribution >= 0.6 is 23.1 Å². The Balaban J connectivity index is 1.38. The number of hydrogen-bond acceptors (Lipinski definition) is 6. The summed E-state index contributed by atoms with van der Waals surface area (Å²) in [6.07, 6.45) is 1.13. The number of nitrogens with one attached hydrogen (secondary N) is 2. The molecule has 0 bridgehead atoms. The maximum atomic E-state index is 12.1. The van der Waals surface area contributed by atoms with Crippen LogP contribution in [0.1, 0.15) is 39.8 Å². The highest BCUT2D eigenvalue weighted by molar-refractivity contribution is 8.01. The number of aryl methyl sites for hydroxylation is 1. The number of hydrogen-bond donors (Lipinski definition) is 2. The molecule has 1 aromatic heterocycles. The Morgan fingerprint density at radius 2 is 2.21 bits per heavy atom. The minimum atomic E-state index is -0.229. The minimum Gasteiger partial charge on any atom is -0.356 e. The van der Waals surface area contributed by atoms with Gasteiger partial charge in [0.2, 0.25) is 5.91 Å². The van der Waals surface area contributed by atoms with E-state index in [-0.39, 0.29) is 24.3 Å². The van der Waals surface area contributed by atoms with Crippen molar-refractivity contribution in [2.24, 2.45) is 0 Å². The SMILES string of the molecule is Cc1nnc(SCCCNC(=O)C[C@@H]2NC(=O)c3ccccc32)s1. The highest BCUT2D eigenvalue weighted by Gasteiger charge is 2.29. The van der Waals surface area contributed by atoms with Gasteiger partial charge < -0.3 is 10.6 Å². The number of benzene rings is 1. The van der Waals surface area contributed by atoms with Gasteiger partial charge in [-0.15, -0.1) is 10.2 Å². The van der Waals surface area contributed by atoms with E-state index < -0.39 is 0 Å². The Kier molecular flexibility index (Phi) is 5.47. The van der Waals surface area contributed by atoms with Gasteiger partial charge in [0.25, 0.3) is 5.91 Å². The van der Waals surface area contributed by atoms with Crippen LogP contribution in [-0.2, 0) is 4.79 Å². The van der Waals surface area contributed by atoms with Crippen LogP contribution < -0.4 is 10.6 Å². The molecular formula is C16H18N4O2S2. The molecule has 1 aromatic carbocycles. The molecule has 126 valence electrons. The number of thioether (sulfide) groups is 1. The predicted molar refractivity (Wildman–Crippen MR) is 94.3 cm³/mol. The molecule has 0 saturated heterocycles. The average molecular weight is 362 g/mol. The highest BCUT2D eigenvalue weighted by atomic mass is 32.2. The quantitative estimate of drug-likeness (QED) is 0.583. The Bertz CT molecular complexity index is 747. The van der Waals surface area contributed by atoms with Crippen molar-refractivity contribution in [1.82, 2.24) is 20.8 Å². The maximum Gasteiger partial charge on any atom is 0.252 e. The van der Waals surface area contributed by atoms with E-state index >= 15 is 0 Å². The van der Waals surface area contributed by atoms with Crippen molar-refractivity contribution in [3.8, 4) is 0 Å². The van der Waals surface area contributed by atoms with Crippen molar-refractivity contribution >= 4 is 34.9 Å². The Labute approximate surface area is 148 Å². The van der Waals surface area contributed by atoms with E-state index in [4.69, 9.17) is 0 Å². The molecule has 0 unspecified atom stereocenters. The van der Waals surface area contributed by atoms with Gasteiger partial charge in [-0.3, -0.25) is 9.59 Å². The lowest BCUT2D eigenvalue weighted by atomic mass is 10.0. The number of fused-ring (bicyclic) bond motifs is 1. The normalized spacial score (nSPS) is 15.9. The molecule has 0 saturated carbocycles. The number of amides is 2. The third-order valence-corrected chi connectivity index (χ3v) is 5.71. The Morgan fingerprint density at radius 1 is 1.38 bits per heavy atom. The van der Waals surface area contributed by atoms with Crippen molar-refractivity contribution in [1.29, 1.82) is 0 Å². The second-order valence-corrected chi connectivity index (χ2v) is 7.98. The molecule has 2 N–H and O–H groups in total. The molecule has 0 fully saturated rings. The zero-order valence-corrected chi connectivity index (χ0v) is 14.9. The van der Waals surface area contributed by atoms with Crippen LogP contribution in [-0.4, -0.2) is 34.3 Å². The van der Waals surface area contributed by atoms with Crippen LogP contribution in [0, 0.1) is 6.92 Å². The van der Waals surface area contributed by atoms with Gasteiger partial charge in [0.05, 0.1) is 12.5 Å². The zero-order valence-electron chi connectivity index (χ0n) is 13.2. The van der Waals surface area contributed by atoms with Crippen molar-refractivity contribution in [2.45, 2.75) is 30.1 Å². The molecule has 1 aliphatic rings. The van der Waals surface area contributed by atoms with Crippen LogP contribution in [0.4, 0.5) is 0 Å². The lowest BCUT2D eigenvalue weighted by Crippen LogP contribution is -2.29. The van der Waals surface area contributed by atoms with Gasteiger partial charge in [0.15, 0.2) is 4.34 Å². The first kappa shape index (κ1) is 16.9. The summed E-state index contributed by atoms with van der Waals surface area (Å²) in [6, 6.07) is 7.17. The predicted octanol–water partition coefficient (Wildman–Crippen LogP) is 2.32. The van der Waals surface area contributed by atoms with Crippen molar-refractivity contribution in [2.75, 3.05) is 12.3 Å². The second kappa shape index (κ2) is 7.76. The van der Waals surface area contributed by atoms with Crippen LogP contribution in [0.3, 0.4) is 0 Å². The van der Waals surface area contributed by atoms with Gasteiger partial charge in [-0.05, 0) is 25.0 Å². The fourth-order valence-corrected chi connectivity index (χ4v) is 4.36. The molecule has 6 nitrogen and oxygen atoms in total. The fraction of sp³-hybridized carbons (Fsp3) is 0.375. The maximum absolute atomic E-state index is 12.1.